The molecule has 1 aliphatic carbocycles. The summed E-state index contributed by atoms with van der Waals surface area (Å²) in [6.07, 6.45) is 3.56. The summed E-state index contributed by atoms with van der Waals surface area (Å²) in [4.78, 5) is 2.30. The van der Waals surface area contributed by atoms with Crippen LogP contribution in [0.15, 0.2) is 18.2 Å². The molecule has 0 spiro atoms. The highest BCUT2D eigenvalue weighted by Gasteiger charge is 2.30. The van der Waals surface area contributed by atoms with Gasteiger partial charge in [-0.05, 0) is 43.5 Å². The molecule has 3 nitrogen and oxygen atoms in total. The molecule has 0 saturated heterocycles. The van der Waals surface area contributed by atoms with Crippen LogP contribution in [-0.4, -0.2) is 30.8 Å². The van der Waals surface area contributed by atoms with E-state index < -0.39 is 0 Å². The molecule has 0 heterocycles. The molecule has 0 amide bonds. The van der Waals surface area contributed by atoms with Crippen LogP contribution in [0.3, 0.4) is 0 Å². The van der Waals surface area contributed by atoms with Gasteiger partial charge >= 0.3 is 0 Å². The SMILES string of the molecule is CCCNCc1ccc(Cl)cc1N(CCO)C1CC1. The molecule has 0 aromatic heterocycles. The largest absolute Gasteiger partial charge is 0.395 e. The molecule has 1 aliphatic rings. The van der Waals surface area contributed by atoms with Gasteiger partial charge in [-0.1, -0.05) is 24.6 Å². The molecular formula is C15H23ClN2O. The molecule has 0 radical (unpaired) electrons. The van der Waals surface area contributed by atoms with Gasteiger partial charge in [0.25, 0.3) is 0 Å². The molecule has 1 aromatic carbocycles. The lowest BCUT2D eigenvalue weighted by Gasteiger charge is -2.27. The summed E-state index contributed by atoms with van der Waals surface area (Å²) in [6.45, 7) is 4.91. The number of nitrogens with zero attached hydrogens (tertiary/aromatic N) is 1. The van der Waals surface area contributed by atoms with Gasteiger partial charge in [0, 0.05) is 29.8 Å². The highest BCUT2D eigenvalue weighted by atomic mass is 35.5. The number of aliphatic hydroxyl groups is 1. The first-order valence-electron chi connectivity index (χ1n) is 7.13. The van der Waals surface area contributed by atoms with Crippen molar-refractivity contribution >= 4 is 17.3 Å². The summed E-state index contributed by atoms with van der Waals surface area (Å²) in [6, 6.07) is 6.64. The summed E-state index contributed by atoms with van der Waals surface area (Å²) >= 11 is 6.14. The zero-order valence-corrected chi connectivity index (χ0v) is 12.3. The maximum atomic E-state index is 9.26. The van der Waals surface area contributed by atoms with E-state index in [4.69, 9.17) is 11.6 Å². The Balaban J connectivity index is 2.16. The van der Waals surface area contributed by atoms with Crippen molar-refractivity contribution in [3.8, 4) is 0 Å². The maximum Gasteiger partial charge on any atom is 0.0606 e. The van der Waals surface area contributed by atoms with Crippen LogP contribution in [0.4, 0.5) is 5.69 Å². The van der Waals surface area contributed by atoms with Crippen molar-refractivity contribution in [2.24, 2.45) is 0 Å². The van der Waals surface area contributed by atoms with E-state index in [1.54, 1.807) is 0 Å². The van der Waals surface area contributed by atoms with Crippen molar-refractivity contribution < 1.29 is 5.11 Å². The van der Waals surface area contributed by atoms with Crippen molar-refractivity contribution in [2.75, 3.05) is 24.6 Å². The quantitative estimate of drug-likeness (QED) is 0.720. The van der Waals surface area contributed by atoms with Crippen LogP contribution < -0.4 is 10.2 Å². The van der Waals surface area contributed by atoms with Gasteiger partial charge in [0.1, 0.15) is 0 Å². The van der Waals surface area contributed by atoms with Gasteiger partial charge in [0.05, 0.1) is 6.61 Å². The average Bonchev–Trinajstić information content (AvgIpc) is 3.22. The van der Waals surface area contributed by atoms with Crippen molar-refractivity contribution in [1.29, 1.82) is 0 Å². The predicted octanol–water partition coefficient (Wildman–Crippen LogP) is 2.80. The number of nitrogens with one attached hydrogen (secondary N) is 1. The van der Waals surface area contributed by atoms with Crippen LogP contribution in [0.5, 0.6) is 0 Å². The normalized spacial score (nSPS) is 14.7. The monoisotopic (exact) mass is 282 g/mol. The van der Waals surface area contributed by atoms with Crippen LogP contribution in [0.25, 0.3) is 0 Å². The minimum Gasteiger partial charge on any atom is -0.395 e. The Bertz CT molecular complexity index is 407. The third kappa shape index (κ3) is 4.10. The highest BCUT2D eigenvalue weighted by Crippen LogP contribution is 2.34. The Labute approximate surface area is 120 Å². The van der Waals surface area contributed by atoms with E-state index in [2.05, 4.69) is 23.2 Å². The van der Waals surface area contributed by atoms with E-state index in [0.29, 0.717) is 12.6 Å². The standard InChI is InChI=1S/C15H23ClN2O/c1-2-7-17-11-12-3-4-13(16)10-15(12)18(8-9-19)14-5-6-14/h3-4,10,14,17,19H,2,5-9,11H2,1H3. The molecule has 1 saturated carbocycles. The summed E-state index contributed by atoms with van der Waals surface area (Å²) in [7, 11) is 0. The van der Waals surface area contributed by atoms with Gasteiger partial charge in [0.2, 0.25) is 0 Å². The molecule has 1 fully saturated rings. The van der Waals surface area contributed by atoms with Crippen molar-refractivity contribution in [1.82, 2.24) is 5.32 Å². The Morgan fingerprint density at radius 3 is 2.84 bits per heavy atom. The minimum absolute atomic E-state index is 0.185. The first kappa shape index (κ1) is 14.6. The predicted molar refractivity (Wildman–Crippen MR) is 80.9 cm³/mol. The summed E-state index contributed by atoms with van der Waals surface area (Å²) < 4.78 is 0. The second kappa shape index (κ2) is 7.13. The topological polar surface area (TPSA) is 35.5 Å². The number of hydrogen-bond donors (Lipinski definition) is 2. The molecular weight excluding hydrogens is 260 g/mol. The number of aliphatic hydroxyl groups excluding tert-OH is 1. The van der Waals surface area contributed by atoms with Crippen LogP contribution in [0.1, 0.15) is 31.7 Å². The van der Waals surface area contributed by atoms with Crippen LogP contribution in [0.2, 0.25) is 5.02 Å². The van der Waals surface area contributed by atoms with Gasteiger partial charge in [0.15, 0.2) is 0 Å². The van der Waals surface area contributed by atoms with Gasteiger partial charge in [-0.15, -0.1) is 0 Å². The lowest BCUT2D eigenvalue weighted by atomic mass is 10.1. The highest BCUT2D eigenvalue weighted by molar-refractivity contribution is 6.30. The van der Waals surface area contributed by atoms with E-state index in [9.17, 15) is 5.11 Å². The molecule has 4 heteroatoms. The zero-order chi connectivity index (χ0) is 13.7. The molecule has 2 rings (SSSR count). The number of halogens is 1. The number of rotatable bonds is 8. The van der Waals surface area contributed by atoms with Gasteiger partial charge < -0.3 is 15.3 Å². The third-order valence-electron chi connectivity index (χ3n) is 3.43. The lowest BCUT2D eigenvalue weighted by molar-refractivity contribution is 0.301. The summed E-state index contributed by atoms with van der Waals surface area (Å²) in [5.74, 6) is 0. The van der Waals surface area contributed by atoms with E-state index in [1.165, 1.54) is 24.1 Å². The minimum atomic E-state index is 0.185. The first-order chi connectivity index (χ1) is 9.26. The summed E-state index contributed by atoms with van der Waals surface area (Å²) in [5, 5.41) is 13.5. The Morgan fingerprint density at radius 1 is 1.42 bits per heavy atom. The van der Waals surface area contributed by atoms with Gasteiger partial charge in [-0.25, -0.2) is 0 Å². The zero-order valence-electron chi connectivity index (χ0n) is 11.5. The molecule has 0 bridgehead atoms. The molecule has 19 heavy (non-hydrogen) atoms. The Hall–Kier alpha value is -0.770. The number of benzene rings is 1. The molecule has 0 aliphatic heterocycles. The second-order valence-corrected chi connectivity index (χ2v) is 5.53. The molecule has 0 atom stereocenters. The molecule has 2 N–H and O–H groups in total. The number of hydrogen-bond acceptors (Lipinski definition) is 3. The molecule has 0 unspecified atom stereocenters. The van der Waals surface area contributed by atoms with Crippen LogP contribution >= 0.6 is 11.6 Å². The van der Waals surface area contributed by atoms with Crippen molar-refractivity contribution in [3.63, 3.8) is 0 Å². The Kier molecular flexibility index (Phi) is 5.49. The second-order valence-electron chi connectivity index (χ2n) is 5.10. The lowest BCUT2D eigenvalue weighted by Crippen LogP contribution is -2.30. The van der Waals surface area contributed by atoms with E-state index >= 15 is 0 Å². The smallest absolute Gasteiger partial charge is 0.0606 e. The maximum absolute atomic E-state index is 9.26. The van der Waals surface area contributed by atoms with E-state index in [1.807, 2.05) is 12.1 Å². The van der Waals surface area contributed by atoms with E-state index in [0.717, 1.165) is 24.5 Å². The third-order valence-corrected chi connectivity index (χ3v) is 3.66. The molecule has 1 aromatic rings. The van der Waals surface area contributed by atoms with Crippen molar-refractivity contribution in [2.45, 2.75) is 38.8 Å². The van der Waals surface area contributed by atoms with Crippen LogP contribution in [-0.2, 0) is 6.54 Å². The average molecular weight is 283 g/mol. The van der Waals surface area contributed by atoms with Crippen LogP contribution in [0, 0.1) is 0 Å². The fourth-order valence-corrected chi connectivity index (χ4v) is 2.51. The van der Waals surface area contributed by atoms with Gasteiger partial charge in [-0.3, -0.25) is 0 Å². The van der Waals surface area contributed by atoms with E-state index in [-0.39, 0.29) is 6.61 Å². The molecule has 106 valence electrons. The fourth-order valence-electron chi connectivity index (χ4n) is 2.35. The first-order valence-corrected chi connectivity index (χ1v) is 7.50. The summed E-state index contributed by atoms with van der Waals surface area (Å²) in [5.41, 5.74) is 2.44. The fraction of sp³-hybridized carbons (Fsp3) is 0.600. The van der Waals surface area contributed by atoms with Gasteiger partial charge in [-0.2, -0.15) is 0 Å². The van der Waals surface area contributed by atoms with Crippen molar-refractivity contribution in [3.05, 3.63) is 28.8 Å². The Morgan fingerprint density at radius 2 is 2.21 bits per heavy atom. The number of anilines is 1.